The van der Waals surface area contributed by atoms with Gasteiger partial charge < -0.3 is 5.11 Å². The van der Waals surface area contributed by atoms with Crippen molar-refractivity contribution >= 4 is 15.9 Å². The van der Waals surface area contributed by atoms with Crippen LogP contribution < -0.4 is 0 Å². The highest BCUT2D eigenvalue weighted by Gasteiger charge is 2.26. The smallest absolute Gasteiger partial charge is 0.124 e. The van der Waals surface area contributed by atoms with Gasteiger partial charge in [0.1, 0.15) is 5.82 Å². The lowest BCUT2D eigenvalue weighted by Crippen LogP contribution is -2.27. The van der Waals surface area contributed by atoms with Crippen LogP contribution in [-0.2, 0) is 6.42 Å². The maximum Gasteiger partial charge on any atom is 0.124 e. The van der Waals surface area contributed by atoms with Crippen LogP contribution in [-0.4, -0.2) is 11.2 Å². The van der Waals surface area contributed by atoms with Crippen LogP contribution in [0.2, 0.25) is 0 Å². The normalized spacial score (nSPS) is 24.0. The molecule has 1 fully saturated rings. The Kier molecular flexibility index (Phi) is 6.69. The van der Waals surface area contributed by atoms with E-state index in [9.17, 15) is 9.50 Å². The molecule has 1 aliphatic rings. The molecule has 1 unspecified atom stereocenters. The van der Waals surface area contributed by atoms with Crippen LogP contribution in [0.1, 0.15) is 57.4 Å². The van der Waals surface area contributed by atoms with E-state index in [0.29, 0.717) is 12.3 Å². The fourth-order valence-electron chi connectivity index (χ4n) is 3.43. The van der Waals surface area contributed by atoms with Gasteiger partial charge in [-0.25, -0.2) is 4.39 Å². The quantitative estimate of drug-likeness (QED) is 0.714. The van der Waals surface area contributed by atoms with Crippen LogP contribution >= 0.6 is 15.9 Å². The second-order valence-corrected chi connectivity index (χ2v) is 7.28. The number of rotatable bonds is 6. The van der Waals surface area contributed by atoms with Crippen LogP contribution in [0.5, 0.6) is 0 Å². The molecule has 0 bridgehead atoms. The zero-order chi connectivity index (χ0) is 15.2. The SMILES string of the molecule is CCCCC1CCC(C(O)Cc2ccc(F)cc2Br)CC1. The maximum absolute atomic E-state index is 13.1. The molecule has 0 radical (unpaired) electrons. The van der Waals surface area contributed by atoms with Gasteiger partial charge in [-0.2, -0.15) is 0 Å². The Labute approximate surface area is 136 Å². The molecule has 0 saturated heterocycles. The predicted octanol–water partition coefficient (Wildman–Crippen LogP) is 5.49. The summed E-state index contributed by atoms with van der Waals surface area (Å²) in [5.41, 5.74) is 0.997. The lowest BCUT2D eigenvalue weighted by Gasteiger charge is -2.31. The summed E-state index contributed by atoms with van der Waals surface area (Å²) in [6, 6.07) is 4.72. The van der Waals surface area contributed by atoms with Gasteiger partial charge in [0.2, 0.25) is 0 Å². The van der Waals surface area contributed by atoms with Crippen molar-refractivity contribution in [1.82, 2.24) is 0 Å². The standard InChI is InChI=1S/C18H26BrFO/c1-2-3-4-13-5-7-14(8-6-13)18(21)11-15-9-10-16(20)12-17(15)19/h9-10,12-14,18,21H,2-8,11H2,1H3. The first-order chi connectivity index (χ1) is 10.1. The molecule has 0 amide bonds. The summed E-state index contributed by atoms with van der Waals surface area (Å²) >= 11 is 3.39. The van der Waals surface area contributed by atoms with Crippen molar-refractivity contribution in [3.63, 3.8) is 0 Å². The highest BCUT2D eigenvalue weighted by atomic mass is 79.9. The summed E-state index contributed by atoms with van der Waals surface area (Å²) in [6.07, 6.45) is 9.05. The molecule has 0 spiro atoms. The Morgan fingerprint density at radius 3 is 2.62 bits per heavy atom. The molecule has 3 heteroatoms. The molecular formula is C18H26BrFO. The monoisotopic (exact) mass is 356 g/mol. The average molecular weight is 357 g/mol. The van der Waals surface area contributed by atoms with Crippen molar-refractivity contribution in [2.24, 2.45) is 11.8 Å². The molecule has 0 aliphatic heterocycles. The van der Waals surface area contributed by atoms with E-state index in [1.54, 1.807) is 6.07 Å². The van der Waals surface area contributed by atoms with Crippen molar-refractivity contribution < 1.29 is 9.50 Å². The third-order valence-electron chi connectivity index (χ3n) is 4.85. The second-order valence-electron chi connectivity index (χ2n) is 6.43. The van der Waals surface area contributed by atoms with Gasteiger partial charge in [0.05, 0.1) is 6.10 Å². The van der Waals surface area contributed by atoms with Gasteiger partial charge in [-0.1, -0.05) is 61.0 Å². The van der Waals surface area contributed by atoms with Crippen LogP contribution in [0.4, 0.5) is 4.39 Å². The number of aliphatic hydroxyl groups excluding tert-OH is 1. The maximum atomic E-state index is 13.1. The van der Waals surface area contributed by atoms with E-state index in [4.69, 9.17) is 0 Å². The van der Waals surface area contributed by atoms with Gasteiger partial charge in [-0.15, -0.1) is 0 Å². The number of halogens is 2. The highest BCUT2D eigenvalue weighted by molar-refractivity contribution is 9.10. The van der Waals surface area contributed by atoms with E-state index in [1.165, 1.54) is 44.2 Å². The van der Waals surface area contributed by atoms with Crippen LogP contribution in [0, 0.1) is 17.7 Å². The minimum absolute atomic E-state index is 0.239. The van der Waals surface area contributed by atoms with Crippen LogP contribution in [0.15, 0.2) is 22.7 Å². The average Bonchev–Trinajstić information content (AvgIpc) is 2.48. The summed E-state index contributed by atoms with van der Waals surface area (Å²) in [4.78, 5) is 0. The number of hydrogen-bond donors (Lipinski definition) is 1. The zero-order valence-corrected chi connectivity index (χ0v) is 14.4. The Morgan fingerprint density at radius 1 is 1.29 bits per heavy atom. The number of hydrogen-bond acceptors (Lipinski definition) is 1. The summed E-state index contributed by atoms with van der Waals surface area (Å²) in [5.74, 6) is 1.03. The van der Waals surface area contributed by atoms with E-state index < -0.39 is 0 Å². The molecule has 1 aromatic rings. The Hall–Kier alpha value is -0.410. The Morgan fingerprint density at radius 2 is 2.00 bits per heavy atom. The summed E-state index contributed by atoms with van der Waals surface area (Å²) < 4.78 is 13.9. The molecule has 21 heavy (non-hydrogen) atoms. The Balaban J connectivity index is 1.83. The van der Waals surface area contributed by atoms with Crippen LogP contribution in [0.3, 0.4) is 0 Å². The summed E-state index contributed by atoms with van der Waals surface area (Å²) in [7, 11) is 0. The van der Waals surface area contributed by atoms with Gasteiger partial charge in [-0.05, 0) is 48.8 Å². The predicted molar refractivity (Wildman–Crippen MR) is 88.8 cm³/mol. The first-order valence-electron chi connectivity index (χ1n) is 8.22. The molecule has 0 aromatic heterocycles. The first kappa shape index (κ1) is 17.0. The third-order valence-corrected chi connectivity index (χ3v) is 5.58. The molecule has 1 saturated carbocycles. The lowest BCUT2D eigenvalue weighted by atomic mass is 9.76. The van der Waals surface area contributed by atoms with E-state index in [1.807, 2.05) is 0 Å². The van der Waals surface area contributed by atoms with Gasteiger partial charge in [0, 0.05) is 4.47 Å². The van der Waals surface area contributed by atoms with E-state index >= 15 is 0 Å². The topological polar surface area (TPSA) is 20.2 Å². The molecular weight excluding hydrogens is 331 g/mol. The minimum atomic E-state index is -0.307. The van der Waals surface area contributed by atoms with Gasteiger partial charge in [-0.3, -0.25) is 0 Å². The van der Waals surface area contributed by atoms with Crippen molar-refractivity contribution in [2.45, 2.75) is 64.4 Å². The Bertz CT molecular complexity index is 441. The fraction of sp³-hybridized carbons (Fsp3) is 0.667. The van der Waals surface area contributed by atoms with E-state index in [2.05, 4.69) is 22.9 Å². The summed E-state index contributed by atoms with van der Waals surface area (Å²) in [5, 5.41) is 10.5. The number of unbranched alkanes of at least 4 members (excludes halogenated alkanes) is 1. The van der Waals surface area contributed by atoms with Crippen molar-refractivity contribution in [3.8, 4) is 0 Å². The van der Waals surface area contributed by atoms with Crippen LogP contribution in [0.25, 0.3) is 0 Å². The summed E-state index contributed by atoms with van der Waals surface area (Å²) in [6.45, 7) is 2.25. The van der Waals surface area contributed by atoms with Gasteiger partial charge in [0.25, 0.3) is 0 Å². The molecule has 1 atom stereocenters. The molecule has 2 rings (SSSR count). The third kappa shape index (κ3) is 5.07. The zero-order valence-electron chi connectivity index (χ0n) is 12.8. The molecule has 1 aliphatic carbocycles. The van der Waals surface area contributed by atoms with Crippen molar-refractivity contribution in [3.05, 3.63) is 34.1 Å². The van der Waals surface area contributed by atoms with Crippen molar-refractivity contribution in [1.29, 1.82) is 0 Å². The fourth-order valence-corrected chi connectivity index (χ4v) is 3.95. The van der Waals surface area contributed by atoms with Crippen molar-refractivity contribution in [2.75, 3.05) is 0 Å². The largest absolute Gasteiger partial charge is 0.392 e. The molecule has 1 N–H and O–H groups in total. The van der Waals surface area contributed by atoms with E-state index in [0.717, 1.165) is 28.8 Å². The number of aliphatic hydroxyl groups is 1. The van der Waals surface area contributed by atoms with Gasteiger partial charge in [0.15, 0.2) is 0 Å². The second kappa shape index (κ2) is 8.28. The lowest BCUT2D eigenvalue weighted by molar-refractivity contribution is 0.0725. The number of benzene rings is 1. The molecule has 0 heterocycles. The minimum Gasteiger partial charge on any atom is -0.392 e. The molecule has 118 valence electrons. The van der Waals surface area contributed by atoms with Gasteiger partial charge >= 0.3 is 0 Å². The molecule has 1 aromatic carbocycles. The van der Waals surface area contributed by atoms with E-state index in [-0.39, 0.29) is 11.9 Å². The first-order valence-corrected chi connectivity index (χ1v) is 9.01. The molecule has 1 nitrogen and oxygen atoms in total. The highest BCUT2D eigenvalue weighted by Crippen LogP contribution is 2.35.